The Bertz CT molecular complexity index is 580. The molecule has 0 fully saturated rings. The van der Waals surface area contributed by atoms with Crippen molar-refractivity contribution in [2.24, 2.45) is 0 Å². The van der Waals surface area contributed by atoms with Gasteiger partial charge in [-0.3, -0.25) is 4.79 Å². The highest BCUT2D eigenvalue weighted by molar-refractivity contribution is 8.13. The molecule has 1 aromatic heterocycles. The average molecular weight is 321 g/mol. The largest absolute Gasteiger partial charge is 0.342 e. The lowest BCUT2D eigenvalue weighted by Gasteiger charge is -2.27. The van der Waals surface area contributed by atoms with Gasteiger partial charge in [0.05, 0.1) is 0 Å². The van der Waals surface area contributed by atoms with Gasteiger partial charge >= 0.3 is 0 Å². The first kappa shape index (κ1) is 17.0. The third-order valence-electron chi connectivity index (χ3n) is 3.44. The molecular formula is C13H21ClN2O3S. The zero-order chi connectivity index (χ0) is 15.5. The van der Waals surface area contributed by atoms with Crippen molar-refractivity contribution < 1.29 is 13.2 Å². The predicted molar refractivity (Wildman–Crippen MR) is 79.6 cm³/mol. The van der Waals surface area contributed by atoms with E-state index in [0.29, 0.717) is 18.8 Å². The Morgan fingerprint density at radius 2 is 2.00 bits per heavy atom. The van der Waals surface area contributed by atoms with Gasteiger partial charge in [-0.2, -0.15) is 0 Å². The molecular weight excluding hydrogens is 300 g/mol. The first-order valence-corrected chi connectivity index (χ1v) is 9.02. The smallest absolute Gasteiger partial charge is 0.270 e. The van der Waals surface area contributed by atoms with Crippen molar-refractivity contribution in [3.63, 3.8) is 0 Å². The quantitative estimate of drug-likeness (QED) is 0.757. The fraction of sp³-hybridized carbons (Fsp3) is 0.615. The van der Waals surface area contributed by atoms with Gasteiger partial charge in [-0.25, -0.2) is 8.42 Å². The summed E-state index contributed by atoms with van der Waals surface area (Å²) in [5.41, 5.74) is 0.355. The molecule has 1 unspecified atom stereocenters. The van der Waals surface area contributed by atoms with E-state index in [-0.39, 0.29) is 16.8 Å². The van der Waals surface area contributed by atoms with E-state index in [2.05, 4.69) is 0 Å². The maximum Gasteiger partial charge on any atom is 0.270 e. The molecule has 0 aliphatic heterocycles. The third kappa shape index (κ3) is 3.55. The van der Waals surface area contributed by atoms with Crippen LogP contribution in [0.1, 0.15) is 44.6 Å². The Hall–Kier alpha value is -1.01. The Labute approximate surface area is 124 Å². The van der Waals surface area contributed by atoms with Crippen molar-refractivity contribution in [2.45, 2.75) is 51.6 Å². The molecule has 20 heavy (non-hydrogen) atoms. The van der Waals surface area contributed by atoms with Gasteiger partial charge in [-0.15, -0.1) is 0 Å². The Balaban J connectivity index is 3.24. The second kappa shape index (κ2) is 6.63. The van der Waals surface area contributed by atoms with E-state index in [0.717, 1.165) is 6.42 Å². The van der Waals surface area contributed by atoms with Gasteiger partial charge < -0.3 is 9.47 Å². The lowest BCUT2D eigenvalue weighted by molar-refractivity contribution is 0.0689. The van der Waals surface area contributed by atoms with E-state index in [1.54, 1.807) is 9.47 Å². The highest BCUT2D eigenvalue weighted by Gasteiger charge is 2.24. The molecule has 0 aliphatic rings. The van der Waals surface area contributed by atoms with E-state index < -0.39 is 9.05 Å². The summed E-state index contributed by atoms with van der Waals surface area (Å²) in [7, 11) is 1.52. The lowest BCUT2D eigenvalue weighted by Crippen LogP contribution is -2.39. The normalized spacial score (nSPS) is 13.2. The number of carbonyl (C=O) groups is 1. The van der Waals surface area contributed by atoms with Gasteiger partial charge in [0.15, 0.2) is 0 Å². The number of rotatable bonds is 6. The van der Waals surface area contributed by atoms with Gasteiger partial charge in [0.1, 0.15) is 10.6 Å². The summed E-state index contributed by atoms with van der Waals surface area (Å²) in [6.45, 7) is 8.81. The van der Waals surface area contributed by atoms with E-state index in [9.17, 15) is 13.2 Å². The van der Waals surface area contributed by atoms with E-state index in [1.807, 2.05) is 27.7 Å². The number of aryl methyl sites for hydroxylation is 1. The topological polar surface area (TPSA) is 59.4 Å². The molecule has 0 bridgehead atoms. The third-order valence-corrected chi connectivity index (χ3v) is 4.76. The molecule has 1 rings (SSSR count). The van der Waals surface area contributed by atoms with Crippen molar-refractivity contribution in [3.8, 4) is 0 Å². The summed E-state index contributed by atoms with van der Waals surface area (Å²) >= 11 is 0. The number of amides is 1. The Morgan fingerprint density at radius 3 is 2.40 bits per heavy atom. The van der Waals surface area contributed by atoms with Crippen LogP contribution in [0.2, 0.25) is 0 Å². The second-order valence-electron chi connectivity index (χ2n) is 4.63. The number of nitrogens with zero attached hydrogens (tertiary/aromatic N) is 2. The molecule has 0 saturated carbocycles. The Kier molecular flexibility index (Phi) is 5.65. The lowest BCUT2D eigenvalue weighted by atomic mass is 10.2. The van der Waals surface area contributed by atoms with E-state index in [4.69, 9.17) is 10.7 Å². The molecule has 114 valence electrons. The first-order chi connectivity index (χ1) is 9.26. The molecule has 0 saturated heterocycles. The molecule has 1 aromatic rings. The van der Waals surface area contributed by atoms with E-state index >= 15 is 0 Å². The highest BCUT2D eigenvalue weighted by Crippen LogP contribution is 2.20. The van der Waals surface area contributed by atoms with Gasteiger partial charge in [0.25, 0.3) is 15.0 Å². The summed E-state index contributed by atoms with van der Waals surface area (Å²) in [6, 6.07) is 1.45. The summed E-state index contributed by atoms with van der Waals surface area (Å²) < 4.78 is 24.4. The van der Waals surface area contributed by atoms with Crippen molar-refractivity contribution in [1.29, 1.82) is 0 Å². The average Bonchev–Trinajstić information content (AvgIpc) is 2.83. The van der Waals surface area contributed by atoms with Crippen LogP contribution < -0.4 is 0 Å². The molecule has 0 aliphatic carbocycles. The van der Waals surface area contributed by atoms with Crippen LogP contribution in [0.3, 0.4) is 0 Å². The Morgan fingerprint density at radius 1 is 1.40 bits per heavy atom. The van der Waals surface area contributed by atoms with Crippen molar-refractivity contribution in [1.82, 2.24) is 9.47 Å². The van der Waals surface area contributed by atoms with E-state index in [1.165, 1.54) is 12.3 Å². The molecule has 1 heterocycles. The van der Waals surface area contributed by atoms with Gasteiger partial charge in [-0.1, -0.05) is 6.92 Å². The second-order valence-corrected chi connectivity index (χ2v) is 7.20. The van der Waals surface area contributed by atoms with Crippen LogP contribution in [-0.4, -0.2) is 36.4 Å². The minimum absolute atomic E-state index is 0.0374. The van der Waals surface area contributed by atoms with Crippen LogP contribution in [0.15, 0.2) is 17.2 Å². The molecule has 1 amide bonds. The molecule has 7 heteroatoms. The fourth-order valence-electron chi connectivity index (χ4n) is 2.08. The number of hydrogen-bond donors (Lipinski definition) is 0. The van der Waals surface area contributed by atoms with Crippen LogP contribution in [0.5, 0.6) is 0 Å². The van der Waals surface area contributed by atoms with Gasteiger partial charge in [0, 0.05) is 36.0 Å². The summed E-state index contributed by atoms with van der Waals surface area (Å²) in [4.78, 5) is 14.3. The van der Waals surface area contributed by atoms with Gasteiger partial charge in [-0.05, 0) is 33.3 Å². The number of halogens is 1. The van der Waals surface area contributed by atoms with Gasteiger partial charge in [0.2, 0.25) is 0 Å². The molecule has 0 radical (unpaired) electrons. The molecule has 1 atom stereocenters. The monoisotopic (exact) mass is 320 g/mol. The zero-order valence-corrected chi connectivity index (χ0v) is 13.8. The van der Waals surface area contributed by atoms with Crippen LogP contribution in [0, 0.1) is 0 Å². The fourth-order valence-corrected chi connectivity index (χ4v) is 2.84. The number of carbonyl (C=O) groups excluding carboxylic acids is 1. The molecule has 0 N–H and O–H groups in total. The molecule has 0 spiro atoms. The maximum atomic E-state index is 12.6. The highest BCUT2D eigenvalue weighted by atomic mass is 35.7. The van der Waals surface area contributed by atoms with Crippen molar-refractivity contribution >= 4 is 25.6 Å². The van der Waals surface area contributed by atoms with Crippen molar-refractivity contribution in [2.75, 3.05) is 6.54 Å². The maximum absolute atomic E-state index is 12.6. The standard InChI is InChI=1S/C13H21ClN2O3S/c1-5-10(4)16(7-3)13(17)12-8-11(20(14,18)19)9-15(12)6-2/h8-10H,5-7H2,1-4H3. The summed E-state index contributed by atoms with van der Waals surface area (Å²) in [5.74, 6) is -0.171. The minimum Gasteiger partial charge on any atom is -0.342 e. The molecule has 0 aromatic carbocycles. The van der Waals surface area contributed by atoms with Crippen LogP contribution in [0.4, 0.5) is 0 Å². The SMILES string of the molecule is CCC(C)N(CC)C(=O)c1cc(S(=O)(=O)Cl)cn1CC. The minimum atomic E-state index is -3.83. The van der Waals surface area contributed by atoms with Crippen LogP contribution in [-0.2, 0) is 15.6 Å². The molecule has 5 nitrogen and oxygen atoms in total. The zero-order valence-electron chi connectivity index (χ0n) is 12.3. The number of hydrogen-bond acceptors (Lipinski definition) is 3. The van der Waals surface area contributed by atoms with Crippen LogP contribution >= 0.6 is 10.7 Å². The summed E-state index contributed by atoms with van der Waals surface area (Å²) in [6.07, 6.45) is 2.24. The van der Waals surface area contributed by atoms with Crippen LogP contribution in [0.25, 0.3) is 0 Å². The predicted octanol–water partition coefficient (Wildman–Crippen LogP) is 2.70. The first-order valence-electron chi connectivity index (χ1n) is 6.71. The van der Waals surface area contributed by atoms with Crippen molar-refractivity contribution in [3.05, 3.63) is 18.0 Å². The number of aromatic nitrogens is 1. The summed E-state index contributed by atoms with van der Waals surface area (Å²) in [5, 5.41) is 0.